The largest absolute Gasteiger partial charge is 0.481 e. The number of nitrogens with one attached hydrogen (secondary N) is 1. The molecule has 0 aromatic rings. The Morgan fingerprint density at radius 3 is 2.16 bits per heavy atom. The molecular weight excluding hydrogens is 326 g/mol. The van der Waals surface area contributed by atoms with E-state index < -0.39 is 41.2 Å². The van der Waals surface area contributed by atoms with E-state index in [1.54, 1.807) is 27.9 Å². The third kappa shape index (κ3) is 4.00. The maximum atomic E-state index is 13.0. The highest BCUT2D eigenvalue weighted by atomic mass is 16.4. The number of carbonyl (C=O) groups excluding carboxylic acids is 3. The molecule has 25 heavy (non-hydrogen) atoms. The number of carboxylic acid groups (broad SMARTS) is 1. The second kappa shape index (κ2) is 7.51. The normalized spacial score (nSPS) is 28.1. The Bertz CT molecular complexity index is 577. The van der Waals surface area contributed by atoms with Crippen LogP contribution in [-0.2, 0) is 19.2 Å². The van der Waals surface area contributed by atoms with E-state index in [1.165, 1.54) is 11.8 Å². The third-order valence-electron chi connectivity index (χ3n) is 5.48. The van der Waals surface area contributed by atoms with Crippen LogP contribution in [0.3, 0.4) is 0 Å². The summed E-state index contributed by atoms with van der Waals surface area (Å²) in [6, 6.07) is -2.08. The summed E-state index contributed by atoms with van der Waals surface area (Å²) in [6.07, 6.45) is 1.40. The van der Waals surface area contributed by atoms with Crippen LogP contribution in [0.25, 0.3) is 0 Å². The topological polar surface area (TPSA) is 130 Å². The molecule has 0 radical (unpaired) electrons. The van der Waals surface area contributed by atoms with Gasteiger partial charge in [0, 0.05) is 19.5 Å². The number of amides is 2. The highest BCUT2D eigenvalue weighted by molar-refractivity contribution is 5.99. The van der Waals surface area contributed by atoms with Crippen LogP contribution in [0.5, 0.6) is 0 Å². The maximum absolute atomic E-state index is 13.0. The van der Waals surface area contributed by atoms with Crippen LogP contribution in [0.2, 0.25) is 0 Å². The fourth-order valence-electron chi connectivity index (χ4n) is 3.72. The average Bonchev–Trinajstić information content (AvgIpc) is 2.82. The third-order valence-corrected chi connectivity index (χ3v) is 5.48. The van der Waals surface area contributed by atoms with E-state index in [0.717, 1.165) is 6.42 Å². The first-order valence-electron chi connectivity index (χ1n) is 8.40. The highest BCUT2D eigenvalue weighted by Crippen LogP contribution is 2.54. The van der Waals surface area contributed by atoms with Crippen molar-refractivity contribution in [1.82, 2.24) is 10.2 Å². The molecule has 2 amide bonds. The zero-order valence-electron chi connectivity index (χ0n) is 15.6. The van der Waals surface area contributed by atoms with Crippen molar-refractivity contribution in [2.45, 2.75) is 58.5 Å². The molecule has 0 heterocycles. The quantitative estimate of drug-likeness (QED) is 0.596. The molecule has 2 unspecified atom stereocenters. The molecule has 0 bridgehead atoms. The Balaban J connectivity index is 2.94. The minimum Gasteiger partial charge on any atom is -0.481 e. The van der Waals surface area contributed by atoms with Crippen molar-refractivity contribution in [3.8, 4) is 0 Å². The lowest BCUT2D eigenvalue weighted by Crippen LogP contribution is -2.56. The number of nitrogens with zero attached hydrogens (tertiary/aromatic N) is 1. The Labute approximate surface area is 148 Å². The van der Waals surface area contributed by atoms with Gasteiger partial charge >= 0.3 is 5.97 Å². The molecule has 0 saturated heterocycles. The first-order valence-corrected chi connectivity index (χ1v) is 8.40. The molecule has 1 aliphatic carbocycles. The number of ketones is 1. The fraction of sp³-hybridized carbons (Fsp3) is 0.765. The van der Waals surface area contributed by atoms with Crippen LogP contribution < -0.4 is 11.1 Å². The van der Waals surface area contributed by atoms with Gasteiger partial charge in [0.1, 0.15) is 0 Å². The lowest BCUT2D eigenvalue weighted by molar-refractivity contribution is -0.152. The molecule has 8 nitrogen and oxygen atoms in total. The summed E-state index contributed by atoms with van der Waals surface area (Å²) in [7, 11) is 3.32. The Morgan fingerprint density at radius 2 is 1.68 bits per heavy atom. The van der Waals surface area contributed by atoms with Crippen molar-refractivity contribution in [2.24, 2.45) is 16.6 Å². The van der Waals surface area contributed by atoms with Crippen molar-refractivity contribution in [3.63, 3.8) is 0 Å². The average molecular weight is 355 g/mol. The Hall–Kier alpha value is -1.96. The van der Waals surface area contributed by atoms with Crippen molar-refractivity contribution in [3.05, 3.63) is 0 Å². The molecule has 142 valence electrons. The maximum Gasteiger partial charge on any atom is 0.305 e. The first kappa shape index (κ1) is 21.1. The molecule has 1 aliphatic rings. The van der Waals surface area contributed by atoms with Crippen LogP contribution in [-0.4, -0.2) is 59.8 Å². The Morgan fingerprint density at radius 1 is 1.16 bits per heavy atom. The summed E-state index contributed by atoms with van der Waals surface area (Å²) < 4.78 is 0. The number of carbonyl (C=O) groups is 4. The van der Waals surface area contributed by atoms with Gasteiger partial charge in [-0.1, -0.05) is 13.3 Å². The van der Waals surface area contributed by atoms with Gasteiger partial charge in [0.05, 0.1) is 23.9 Å². The van der Waals surface area contributed by atoms with Crippen molar-refractivity contribution in [2.75, 3.05) is 14.1 Å². The second-order valence-electron chi connectivity index (χ2n) is 7.52. The molecule has 1 saturated carbocycles. The van der Waals surface area contributed by atoms with E-state index in [-0.39, 0.29) is 11.7 Å². The number of carboxylic acids is 1. The lowest BCUT2D eigenvalue weighted by Gasteiger charge is -2.41. The van der Waals surface area contributed by atoms with Crippen LogP contribution in [0.4, 0.5) is 0 Å². The number of Topliss-reactive ketones (excluding diaryl/α,β-unsaturated/α-hetero) is 1. The van der Waals surface area contributed by atoms with Gasteiger partial charge in [0.25, 0.3) is 0 Å². The minimum absolute atomic E-state index is 0.109. The van der Waals surface area contributed by atoms with E-state index in [2.05, 4.69) is 5.32 Å². The van der Waals surface area contributed by atoms with Crippen molar-refractivity contribution in [1.29, 1.82) is 0 Å². The van der Waals surface area contributed by atoms with E-state index in [4.69, 9.17) is 10.8 Å². The summed E-state index contributed by atoms with van der Waals surface area (Å²) in [5, 5.41) is 11.2. The summed E-state index contributed by atoms with van der Waals surface area (Å²) in [5.74, 6) is -2.22. The molecule has 1 fully saturated rings. The van der Waals surface area contributed by atoms with E-state index in [1.807, 2.05) is 0 Å². The molecule has 4 atom stereocenters. The summed E-state index contributed by atoms with van der Waals surface area (Å²) >= 11 is 0. The van der Waals surface area contributed by atoms with E-state index >= 15 is 0 Å². The van der Waals surface area contributed by atoms with Gasteiger partial charge in [-0.05, 0) is 26.7 Å². The molecule has 0 aromatic carbocycles. The first-order chi connectivity index (χ1) is 11.4. The fourth-order valence-corrected chi connectivity index (χ4v) is 3.72. The summed E-state index contributed by atoms with van der Waals surface area (Å²) in [6.45, 7) is 5.10. The van der Waals surface area contributed by atoms with Crippen LogP contribution in [0.15, 0.2) is 0 Å². The molecule has 1 rings (SSSR count). The van der Waals surface area contributed by atoms with Gasteiger partial charge in [-0.25, -0.2) is 0 Å². The van der Waals surface area contributed by atoms with E-state index in [9.17, 15) is 19.2 Å². The predicted molar refractivity (Wildman–Crippen MR) is 91.6 cm³/mol. The van der Waals surface area contributed by atoms with Gasteiger partial charge in [-0.3, -0.25) is 19.2 Å². The standard InChI is InChI=1S/C17H29N3O5/c1-10(19-14(24)11(18)9-12(21)22)13(23)16(2)7-6-8-17(16,3)15(25)20(4)5/h10-11H,6-9,18H2,1-5H3,(H,19,24)(H,21,22)/t10-,11-,16?,17?/m0/s1. The van der Waals surface area contributed by atoms with Crippen molar-refractivity contribution >= 4 is 23.6 Å². The second-order valence-corrected chi connectivity index (χ2v) is 7.52. The zero-order chi connectivity index (χ0) is 19.6. The minimum atomic E-state index is -1.22. The van der Waals surface area contributed by atoms with Gasteiger partial charge < -0.3 is 21.1 Å². The predicted octanol–water partition coefficient (Wildman–Crippen LogP) is 0.147. The number of hydrogen-bond acceptors (Lipinski definition) is 5. The number of hydrogen-bond donors (Lipinski definition) is 3. The molecule has 0 spiro atoms. The van der Waals surface area contributed by atoms with Gasteiger partial charge in [-0.2, -0.15) is 0 Å². The highest BCUT2D eigenvalue weighted by Gasteiger charge is 2.58. The van der Waals surface area contributed by atoms with Gasteiger partial charge in [0.2, 0.25) is 11.8 Å². The van der Waals surface area contributed by atoms with Gasteiger partial charge in [0.15, 0.2) is 5.78 Å². The molecule has 0 aliphatic heterocycles. The summed E-state index contributed by atoms with van der Waals surface area (Å²) in [4.78, 5) is 49.8. The monoisotopic (exact) mass is 355 g/mol. The Kier molecular flexibility index (Phi) is 6.33. The summed E-state index contributed by atoms with van der Waals surface area (Å²) in [5.41, 5.74) is 3.79. The number of rotatable bonds is 7. The van der Waals surface area contributed by atoms with Crippen LogP contribution >= 0.6 is 0 Å². The van der Waals surface area contributed by atoms with Crippen LogP contribution in [0, 0.1) is 10.8 Å². The lowest BCUT2D eigenvalue weighted by atomic mass is 9.63. The zero-order valence-corrected chi connectivity index (χ0v) is 15.6. The van der Waals surface area contributed by atoms with E-state index in [0.29, 0.717) is 12.8 Å². The number of aliphatic carboxylic acids is 1. The molecular formula is C17H29N3O5. The van der Waals surface area contributed by atoms with Crippen LogP contribution in [0.1, 0.15) is 46.5 Å². The smallest absolute Gasteiger partial charge is 0.305 e. The van der Waals surface area contributed by atoms with Gasteiger partial charge in [-0.15, -0.1) is 0 Å². The number of nitrogens with two attached hydrogens (primary N) is 1. The molecule has 8 heteroatoms. The SMILES string of the molecule is C[C@H](NC(=O)[C@@H](N)CC(=O)O)C(=O)C1(C)CCCC1(C)C(=O)N(C)C. The van der Waals surface area contributed by atoms with Crippen molar-refractivity contribution < 1.29 is 24.3 Å². The molecule has 0 aromatic heterocycles. The molecule has 4 N–H and O–H groups in total.